The highest BCUT2D eigenvalue weighted by atomic mass is 16.5. The van der Waals surface area contributed by atoms with Crippen molar-refractivity contribution < 1.29 is 14.3 Å². The summed E-state index contributed by atoms with van der Waals surface area (Å²) >= 11 is 0. The van der Waals surface area contributed by atoms with Crippen LogP contribution in [0.25, 0.3) is 10.8 Å². The minimum atomic E-state index is -0.852. The van der Waals surface area contributed by atoms with Gasteiger partial charge < -0.3 is 10.1 Å². The number of benzene rings is 3. The predicted octanol–water partition coefficient (Wildman–Crippen LogP) is 3.49. The third-order valence-corrected chi connectivity index (χ3v) is 3.87. The van der Waals surface area contributed by atoms with E-state index in [1.165, 1.54) is 6.21 Å². The van der Waals surface area contributed by atoms with Crippen LogP contribution >= 0.6 is 0 Å². The first-order valence-electron chi connectivity index (χ1n) is 8.63. The molecule has 0 aliphatic rings. The molecule has 0 spiro atoms. The molecule has 0 heterocycles. The van der Waals surface area contributed by atoms with Crippen LogP contribution in [-0.4, -0.2) is 24.6 Å². The van der Waals surface area contributed by atoms with Crippen LogP contribution in [0.1, 0.15) is 5.56 Å². The zero-order chi connectivity index (χ0) is 19.8. The standard InChI is InChI=1S/C22H19N3O3/c1-2-14-28-18-12-10-16(11-13-18)15-23-25-22(27)21(26)24-20-9-5-7-17-6-3-4-8-19(17)20/h2-13,15H,1,14H2,(H,24,26)(H,25,27)/b23-15+. The number of hydrogen-bond donors (Lipinski definition) is 2. The second-order valence-corrected chi connectivity index (χ2v) is 5.85. The Labute approximate surface area is 162 Å². The highest BCUT2D eigenvalue weighted by molar-refractivity contribution is 6.40. The van der Waals surface area contributed by atoms with Crippen LogP contribution < -0.4 is 15.5 Å². The van der Waals surface area contributed by atoms with Crippen molar-refractivity contribution in [2.75, 3.05) is 11.9 Å². The average molecular weight is 373 g/mol. The summed E-state index contributed by atoms with van der Waals surface area (Å²) in [6, 6.07) is 20.2. The van der Waals surface area contributed by atoms with Gasteiger partial charge in [-0.3, -0.25) is 9.59 Å². The minimum Gasteiger partial charge on any atom is -0.490 e. The molecule has 3 rings (SSSR count). The van der Waals surface area contributed by atoms with Crippen molar-refractivity contribution in [1.82, 2.24) is 5.43 Å². The Morgan fingerprint density at radius 2 is 1.71 bits per heavy atom. The fourth-order valence-electron chi connectivity index (χ4n) is 2.53. The molecule has 0 aliphatic heterocycles. The van der Waals surface area contributed by atoms with Gasteiger partial charge in [0.15, 0.2) is 0 Å². The van der Waals surface area contributed by atoms with E-state index < -0.39 is 11.8 Å². The Hall–Kier alpha value is -3.93. The van der Waals surface area contributed by atoms with Gasteiger partial charge in [0.25, 0.3) is 0 Å². The monoisotopic (exact) mass is 373 g/mol. The molecule has 140 valence electrons. The first-order valence-corrected chi connectivity index (χ1v) is 8.63. The SMILES string of the molecule is C=CCOc1ccc(/C=N/NC(=O)C(=O)Nc2cccc3ccccc23)cc1. The Kier molecular flexibility index (Phi) is 6.15. The molecule has 0 saturated heterocycles. The third kappa shape index (κ3) is 4.82. The summed E-state index contributed by atoms with van der Waals surface area (Å²) in [5.74, 6) is -0.938. The molecule has 0 aromatic heterocycles. The van der Waals surface area contributed by atoms with Gasteiger partial charge in [0.2, 0.25) is 0 Å². The molecule has 0 saturated carbocycles. The van der Waals surface area contributed by atoms with Crippen molar-refractivity contribution in [3.63, 3.8) is 0 Å². The highest BCUT2D eigenvalue weighted by Gasteiger charge is 2.14. The van der Waals surface area contributed by atoms with Crippen LogP contribution in [-0.2, 0) is 9.59 Å². The quantitative estimate of drug-likeness (QED) is 0.300. The molecule has 0 radical (unpaired) electrons. The number of anilines is 1. The van der Waals surface area contributed by atoms with Gasteiger partial charge in [-0.2, -0.15) is 5.10 Å². The van der Waals surface area contributed by atoms with E-state index in [-0.39, 0.29) is 0 Å². The molecule has 0 atom stereocenters. The molecule has 3 aromatic carbocycles. The Morgan fingerprint density at radius 1 is 0.964 bits per heavy atom. The summed E-state index contributed by atoms with van der Waals surface area (Å²) in [4.78, 5) is 24.1. The van der Waals surface area contributed by atoms with E-state index in [1.54, 1.807) is 36.4 Å². The highest BCUT2D eigenvalue weighted by Crippen LogP contribution is 2.22. The Morgan fingerprint density at radius 3 is 2.50 bits per heavy atom. The Bertz CT molecular complexity index is 1020. The summed E-state index contributed by atoms with van der Waals surface area (Å²) in [5.41, 5.74) is 3.54. The number of fused-ring (bicyclic) bond motifs is 1. The largest absolute Gasteiger partial charge is 0.490 e. The number of carbonyl (C=O) groups is 2. The van der Waals surface area contributed by atoms with Gasteiger partial charge in [0, 0.05) is 11.1 Å². The lowest BCUT2D eigenvalue weighted by Crippen LogP contribution is -2.32. The number of ether oxygens (including phenoxy) is 1. The van der Waals surface area contributed by atoms with Crippen molar-refractivity contribution in [2.24, 2.45) is 5.10 Å². The smallest absolute Gasteiger partial charge is 0.329 e. The van der Waals surface area contributed by atoms with Crippen molar-refractivity contribution in [3.8, 4) is 5.75 Å². The van der Waals surface area contributed by atoms with Gasteiger partial charge in [-0.05, 0) is 41.3 Å². The van der Waals surface area contributed by atoms with E-state index in [2.05, 4.69) is 22.4 Å². The molecular formula is C22H19N3O3. The van der Waals surface area contributed by atoms with E-state index in [1.807, 2.05) is 36.4 Å². The van der Waals surface area contributed by atoms with Crippen LogP contribution in [0.4, 0.5) is 5.69 Å². The van der Waals surface area contributed by atoms with Crippen LogP contribution in [0.3, 0.4) is 0 Å². The Balaban J connectivity index is 1.57. The fraction of sp³-hybridized carbons (Fsp3) is 0.0455. The summed E-state index contributed by atoms with van der Waals surface area (Å²) in [6.07, 6.45) is 3.11. The van der Waals surface area contributed by atoms with E-state index in [4.69, 9.17) is 4.74 Å². The first kappa shape index (κ1) is 18.8. The summed E-state index contributed by atoms with van der Waals surface area (Å²) in [7, 11) is 0. The lowest BCUT2D eigenvalue weighted by molar-refractivity contribution is -0.136. The average Bonchev–Trinajstić information content (AvgIpc) is 2.73. The zero-order valence-electron chi connectivity index (χ0n) is 15.1. The van der Waals surface area contributed by atoms with E-state index in [0.717, 1.165) is 16.3 Å². The number of nitrogens with one attached hydrogen (secondary N) is 2. The van der Waals surface area contributed by atoms with Crippen molar-refractivity contribution in [2.45, 2.75) is 0 Å². The number of hydrogen-bond acceptors (Lipinski definition) is 4. The molecule has 0 fully saturated rings. The molecule has 0 aliphatic carbocycles. The fourth-order valence-corrected chi connectivity index (χ4v) is 2.53. The molecular weight excluding hydrogens is 354 g/mol. The lowest BCUT2D eigenvalue weighted by Gasteiger charge is -2.07. The van der Waals surface area contributed by atoms with Crippen LogP contribution in [0.2, 0.25) is 0 Å². The van der Waals surface area contributed by atoms with E-state index >= 15 is 0 Å². The van der Waals surface area contributed by atoms with Crippen molar-refractivity contribution >= 4 is 34.5 Å². The van der Waals surface area contributed by atoms with Crippen LogP contribution in [0, 0.1) is 0 Å². The van der Waals surface area contributed by atoms with Crippen molar-refractivity contribution in [1.29, 1.82) is 0 Å². The van der Waals surface area contributed by atoms with E-state index in [9.17, 15) is 9.59 Å². The minimum absolute atomic E-state index is 0.426. The number of nitrogens with zero attached hydrogens (tertiary/aromatic N) is 1. The van der Waals surface area contributed by atoms with Gasteiger partial charge in [-0.15, -0.1) is 0 Å². The molecule has 0 unspecified atom stereocenters. The summed E-state index contributed by atoms with van der Waals surface area (Å²) in [6.45, 7) is 4.01. The number of hydrazone groups is 1. The lowest BCUT2D eigenvalue weighted by atomic mass is 10.1. The number of amides is 2. The second kappa shape index (κ2) is 9.14. The molecule has 6 nitrogen and oxygen atoms in total. The molecule has 28 heavy (non-hydrogen) atoms. The molecule has 3 aromatic rings. The number of rotatable bonds is 6. The van der Waals surface area contributed by atoms with Crippen LogP contribution in [0.5, 0.6) is 5.75 Å². The third-order valence-electron chi connectivity index (χ3n) is 3.87. The molecule has 6 heteroatoms. The first-order chi connectivity index (χ1) is 13.7. The van der Waals surface area contributed by atoms with E-state index in [0.29, 0.717) is 18.0 Å². The van der Waals surface area contributed by atoms with Gasteiger partial charge in [-0.1, -0.05) is 49.1 Å². The maximum absolute atomic E-state index is 12.1. The summed E-state index contributed by atoms with van der Waals surface area (Å²) < 4.78 is 5.39. The molecule has 2 N–H and O–H groups in total. The second-order valence-electron chi connectivity index (χ2n) is 5.85. The van der Waals surface area contributed by atoms with Gasteiger partial charge in [0.05, 0.1) is 6.21 Å². The van der Waals surface area contributed by atoms with Crippen LogP contribution in [0.15, 0.2) is 84.5 Å². The topological polar surface area (TPSA) is 79.8 Å². The van der Waals surface area contributed by atoms with Crippen molar-refractivity contribution in [3.05, 3.63) is 84.9 Å². The number of carbonyl (C=O) groups excluding carboxylic acids is 2. The predicted molar refractivity (Wildman–Crippen MR) is 110 cm³/mol. The maximum atomic E-state index is 12.1. The van der Waals surface area contributed by atoms with Gasteiger partial charge >= 0.3 is 11.8 Å². The maximum Gasteiger partial charge on any atom is 0.329 e. The zero-order valence-corrected chi connectivity index (χ0v) is 15.1. The normalized spacial score (nSPS) is 10.6. The summed E-state index contributed by atoms with van der Waals surface area (Å²) in [5, 5.41) is 8.25. The molecule has 2 amide bonds. The molecule has 0 bridgehead atoms. The van der Waals surface area contributed by atoms with Gasteiger partial charge in [0.1, 0.15) is 12.4 Å². The van der Waals surface area contributed by atoms with Gasteiger partial charge in [-0.25, -0.2) is 5.43 Å².